The minimum absolute atomic E-state index is 0. The molecule has 4 N–H and O–H groups in total. The van der Waals surface area contributed by atoms with E-state index in [4.69, 9.17) is 16.2 Å². The van der Waals surface area contributed by atoms with Gasteiger partial charge in [0.1, 0.15) is 6.04 Å². The van der Waals surface area contributed by atoms with Crippen molar-refractivity contribution < 1.29 is 14.3 Å². The highest BCUT2D eigenvalue weighted by molar-refractivity contribution is 5.87. The number of amides is 2. The Labute approximate surface area is 149 Å². The predicted molar refractivity (Wildman–Crippen MR) is 96.9 cm³/mol. The lowest BCUT2D eigenvalue weighted by atomic mass is 10.0. The molecule has 1 aromatic carbocycles. The Morgan fingerprint density at radius 1 is 1.25 bits per heavy atom. The third kappa shape index (κ3) is 6.47. The first-order valence-corrected chi connectivity index (χ1v) is 7.82. The van der Waals surface area contributed by atoms with Crippen LogP contribution in [0.4, 0.5) is 0 Å². The van der Waals surface area contributed by atoms with E-state index in [1.165, 1.54) is 17.6 Å². The van der Waals surface area contributed by atoms with Crippen LogP contribution >= 0.6 is 12.4 Å². The average Bonchev–Trinajstić information content (AvgIpc) is 2.52. The monoisotopic (exact) mass is 357 g/mol. The lowest BCUT2D eigenvalue weighted by Crippen LogP contribution is -2.49. The van der Waals surface area contributed by atoms with Crippen LogP contribution in [0.5, 0.6) is 0 Å². The maximum absolute atomic E-state index is 12.5. The maximum atomic E-state index is 12.5. The lowest BCUT2D eigenvalue weighted by molar-refractivity contribution is -0.139. The zero-order chi connectivity index (χ0) is 17.4. The molecule has 0 spiro atoms. The summed E-state index contributed by atoms with van der Waals surface area (Å²) >= 11 is 0. The number of nitrogens with zero attached hydrogens (tertiary/aromatic N) is 1. The minimum atomic E-state index is -0.818. The maximum Gasteiger partial charge on any atom is 0.242 e. The Balaban J connectivity index is 0.00000529. The van der Waals surface area contributed by atoms with Crippen molar-refractivity contribution in [2.75, 3.05) is 20.3 Å². The summed E-state index contributed by atoms with van der Waals surface area (Å²) in [6.07, 6.45) is 2.09. The molecular formula is C17H28ClN3O3. The van der Waals surface area contributed by atoms with Crippen LogP contribution in [0.25, 0.3) is 0 Å². The Kier molecular flexibility index (Phi) is 10.3. The molecule has 2 atom stereocenters. The van der Waals surface area contributed by atoms with Gasteiger partial charge in [-0.3, -0.25) is 9.59 Å². The van der Waals surface area contributed by atoms with E-state index < -0.39 is 11.9 Å². The van der Waals surface area contributed by atoms with Gasteiger partial charge in [0, 0.05) is 7.11 Å². The predicted octanol–water partition coefficient (Wildman–Crippen LogP) is 1.41. The number of primary amides is 1. The third-order valence-corrected chi connectivity index (χ3v) is 3.74. The van der Waals surface area contributed by atoms with Crippen LogP contribution in [0.2, 0.25) is 0 Å². The summed E-state index contributed by atoms with van der Waals surface area (Å²) in [5, 5.41) is 0. The largest absolute Gasteiger partial charge is 0.383 e. The first kappa shape index (κ1) is 22.4. The molecule has 136 valence electrons. The summed E-state index contributed by atoms with van der Waals surface area (Å²) in [5.74, 6) is -0.923. The van der Waals surface area contributed by atoms with Gasteiger partial charge >= 0.3 is 0 Å². The molecule has 0 aliphatic heterocycles. The van der Waals surface area contributed by atoms with Crippen molar-refractivity contribution in [3.63, 3.8) is 0 Å². The van der Waals surface area contributed by atoms with Crippen LogP contribution in [0.15, 0.2) is 24.3 Å². The van der Waals surface area contributed by atoms with Gasteiger partial charge in [-0.2, -0.15) is 0 Å². The van der Waals surface area contributed by atoms with Crippen LogP contribution in [0.3, 0.4) is 0 Å². The van der Waals surface area contributed by atoms with Crippen LogP contribution in [0, 0.1) is 0 Å². The molecule has 0 bridgehead atoms. The number of hydrogen-bond donors (Lipinski definition) is 2. The molecule has 1 rings (SSSR count). The normalized spacial score (nSPS) is 12.8. The number of hydrogen-bond acceptors (Lipinski definition) is 4. The highest BCUT2D eigenvalue weighted by Gasteiger charge is 2.27. The van der Waals surface area contributed by atoms with E-state index in [9.17, 15) is 9.59 Å². The number of halogens is 1. The van der Waals surface area contributed by atoms with Gasteiger partial charge in [0.25, 0.3) is 0 Å². The summed E-state index contributed by atoms with van der Waals surface area (Å²) in [4.78, 5) is 25.2. The Bertz CT molecular complexity index is 522. The molecule has 1 aromatic rings. The van der Waals surface area contributed by atoms with Gasteiger partial charge in [-0.15, -0.1) is 12.4 Å². The molecule has 0 aromatic heterocycles. The van der Waals surface area contributed by atoms with Crippen molar-refractivity contribution in [1.82, 2.24) is 4.90 Å². The van der Waals surface area contributed by atoms with Gasteiger partial charge in [-0.05, 0) is 24.5 Å². The number of nitrogens with two attached hydrogens (primary N) is 2. The number of aryl methyl sites for hydroxylation is 1. The summed E-state index contributed by atoms with van der Waals surface area (Å²) in [7, 11) is 1.47. The molecule has 0 heterocycles. The number of benzene rings is 1. The Morgan fingerprint density at radius 3 is 2.29 bits per heavy atom. The van der Waals surface area contributed by atoms with Gasteiger partial charge in [0.2, 0.25) is 11.8 Å². The first-order valence-electron chi connectivity index (χ1n) is 7.82. The molecule has 2 amide bonds. The van der Waals surface area contributed by atoms with Crippen molar-refractivity contribution in [3.05, 3.63) is 35.4 Å². The Morgan fingerprint density at radius 2 is 1.83 bits per heavy atom. The quantitative estimate of drug-likeness (QED) is 0.698. The molecule has 7 heteroatoms. The van der Waals surface area contributed by atoms with E-state index in [0.29, 0.717) is 0 Å². The smallest absolute Gasteiger partial charge is 0.242 e. The second-order valence-corrected chi connectivity index (χ2v) is 5.66. The van der Waals surface area contributed by atoms with Crippen LogP contribution in [0.1, 0.15) is 37.4 Å². The van der Waals surface area contributed by atoms with E-state index in [-0.39, 0.29) is 37.5 Å². The molecule has 24 heavy (non-hydrogen) atoms. The summed E-state index contributed by atoms with van der Waals surface area (Å²) < 4.78 is 4.92. The van der Waals surface area contributed by atoms with E-state index in [1.807, 2.05) is 31.2 Å². The van der Waals surface area contributed by atoms with Gasteiger partial charge in [0.05, 0.1) is 19.2 Å². The average molecular weight is 358 g/mol. The molecule has 0 aliphatic carbocycles. The van der Waals surface area contributed by atoms with Crippen LogP contribution < -0.4 is 11.5 Å². The lowest BCUT2D eigenvalue weighted by Gasteiger charge is -2.30. The second kappa shape index (κ2) is 11.0. The number of ether oxygens (including phenoxy) is 1. The molecule has 0 fully saturated rings. The first-order chi connectivity index (χ1) is 10.9. The highest BCUT2D eigenvalue weighted by Crippen LogP contribution is 2.21. The van der Waals surface area contributed by atoms with Crippen molar-refractivity contribution in [1.29, 1.82) is 0 Å². The molecule has 6 nitrogen and oxygen atoms in total. The van der Waals surface area contributed by atoms with Crippen molar-refractivity contribution in [3.8, 4) is 0 Å². The number of rotatable bonds is 9. The Hall–Kier alpha value is -1.63. The molecule has 0 saturated heterocycles. The van der Waals surface area contributed by atoms with Crippen molar-refractivity contribution in [2.45, 2.75) is 38.8 Å². The molecule has 0 radical (unpaired) electrons. The number of methoxy groups -OCH3 is 1. The highest BCUT2D eigenvalue weighted by atomic mass is 35.5. The standard InChI is InChI=1S/C17H27N3O3.ClH/c1-4-5-13-6-8-14(9-7-13)12(2)20(10-16(19)21)17(22)15(18)11-23-3;/h6-9,12,15H,4-5,10-11,18H2,1-3H3,(H2,19,21);1H. The third-order valence-electron chi connectivity index (χ3n) is 3.74. The molecule has 0 saturated carbocycles. The zero-order valence-corrected chi connectivity index (χ0v) is 15.3. The number of carbonyl (C=O) groups is 2. The van der Waals surface area contributed by atoms with Crippen molar-refractivity contribution in [2.24, 2.45) is 11.5 Å². The van der Waals surface area contributed by atoms with Crippen LogP contribution in [-0.4, -0.2) is 43.0 Å². The van der Waals surface area contributed by atoms with E-state index in [0.717, 1.165) is 18.4 Å². The summed E-state index contributed by atoms with van der Waals surface area (Å²) in [6.45, 7) is 3.90. The van der Waals surface area contributed by atoms with Crippen molar-refractivity contribution >= 4 is 24.2 Å². The topological polar surface area (TPSA) is 98.7 Å². The van der Waals surface area contributed by atoms with Crippen LogP contribution in [-0.2, 0) is 20.7 Å². The van der Waals surface area contributed by atoms with Gasteiger partial charge in [0.15, 0.2) is 0 Å². The SMILES string of the molecule is CCCc1ccc(C(C)N(CC(N)=O)C(=O)C(N)COC)cc1.Cl. The molecule has 2 unspecified atom stereocenters. The molecule has 0 aliphatic rings. The van der Waals surface area contributed by atoms with Gasteiger partial charge in [-0.25, -0.2) is 0 Å². The fourth-order valence-corrected chi connectivity index (χ4v) is 2.47. The van der Waals surface area contributed by atoms with Gasteiger partial charge < -0.3 is 21.1 Å². The summed E-state index contributed by atoms with van der Waals surface area (Å²) in [6, 6.07) is 6.90. The van der Waals surface area contributed by atoms with E-state index in [1.54, 1.807) is 0 Å². The fourth-order valence-electron chi connectivity index (χ4n) is 2.47. The summed E-state index contributed by atoms with van der Waals surface area (Å²) in [5.41, 5.74) is 13.3. The molecular weight excluding hydrogens is 330 g/mol. The van der Waals surface area contributed by atoms with E-state index in [2.05, 4.69) is 6.92 Å². The second-order valence-electron chi connectivity index (χ2n) is 5.66. The fraction of sp³-hybridized carbons (Fsp3) is 0.529. The zero-order valence-electron chi connectivity index (χ0n) is 14.5. The minimum Gasteiger partial charge on any atom is -0.383 e. The van der Waals surface area contributed by atoms with E-state index >= 15 is 0 Å². The number of carbonyl (C=O) groups excluding carboxylic acids is 2. The van der Waals surface area contributed by atoms with Gasteiger partial charge in [-0.1, -0.05) is 37.6 Å².